The van der Waals surface area contributed by atoms with E-state index in [9.17, 15) is 4.79 Å². The van der Waals surface area contributed by atoms with E-state index in [0.717, 1.165) is 5.56 Å². The number of hydrogen-bond acceptors (Lipinski definition) is 1. The van der Waals surface area contributed by atoms with Crippen LogP contribution in [-0.2, 0) is 0 Å². The van der Waals surface area contributed by atoms with Gasteiger partial charge >= 0.3 is 0 Å². The molecular formula is C14H19NO. The maximum absolute atomic E-state index is 11.3. The van der Waals surface area contributed by atoms with Crippen LogP contribution in [0.4, 0.5) is 0 Å². The molecule has 1 aromatic rings. The minimum atomic E-state index is -0.310. The number of hydrogen-bond donors (Lipinski definition) is 1. The number of benzene rings is 1. The molecule has 0 spiro atoms. The molecule has 0 saturated heterocycles. The topological polar surface area (TPSA) is 43.1 Å². The number of nitrogens with two attached hydrogens (primary N) is 1. The SMILES string of the molecule is Cc1c(C(N)=O)cccc1C1CCCCC1. The van der Waals surface area contributed by atoms with Gasteiger partial charge in [-0.3, -0.25) is 4.79 Å². The van der Waals surface area contributed by atoms with Crippen LogP contribution in [-0.4, -0.2) is 5.91 Å². The second kappa shape index (κ2) is 4.69. The molecule has 2 nitrogen and oxygen atoms in total. The second-order valence-electron chi connectivity index (χ2n) is 4.72. The number of rotatable bonds is 2. The minimum Gasteiger partial charge on any atom is -0.366 e. The lowest BCUT2D eigenvalue weighted by Crippen LogP contribution is -2.15. The van der Waals surface area contributed by atoms with Crippen molar-refractivity contribution in [2.45, 2.75) is 44.9 Å². The van der Waals surface area contributed by atoms with E-state index >= 15 is 0 Å². The van der Waals surface area contributed by atoms with Gasteiger partial charge < -0.3 is 5.73 Å². The summed E-state index contributed by atoms with van der Waals surface area (Å²) in [5.74, 6) is 0.322. The third-order valence-corrected chi connectivity index (χ3v) is 3.69. The Morgan fingerprint density at radius 3 is 2.56 bits per heavy atom. The average molecular weight is 217 g/mol. The van der Waals surface area contributed by atoms with Gasteiger partial charge in [0.25, 0.3) is 0 Å². The molecular weight excluding hydrogens is 198 g/mol. The number of carbonyl (C=O) groups excluding carboxylic acids is 1. The highest BCUT2D eigenvalue weighted by Gasteiger charge is 2.19. The maximum Gasteiger partial charge on any atom is 0.248 e. The lowest BCUT2D eigenvalue weighted by molar-refractivity contribution is 0.0999. The van der Waals surface area contributed by atoms with Crippen molar-refractivity contribution in [3.63, 3.8) is 0 Å². The van der Waals surface area contributed by atoms with Gasteiger partial charge in [-0.15, -0.1) is 0 Å². The first-order valence-electron chi connectivity index (χ1n) is 6.09. The van der Waals surface area contributed by atoms with Crippen LogP contribution in [0.3, 0.4) is 0 Å². The van der Waals surface area contributed by atoms with Crippen LogP contribution in [0.2, 0.25) is 0 Å². The van der Waals surface area contributed by atoms with Crippen LogP contribution in [0.25, 0.3) is 0 Å². The van der Waals surface area contributed by atoms with E-state index in [1.54, 1.807) is 0 Å². The zero-order valence-corrected chi connectivity index (χ0v) is 9.83. The molecule has 2 rings (SSSR count). The third kappa shape index (κ3) is 2.11. The Morgan fingerprint density at radius 2 is 1.94 bits per heavy atom. The smallest absolute Gasteiger partial charge is 0.248 e. The fraction of sp³-hybridized carbons (Fsp3) is 0.500. The molecule has 0 aliphatic heterocycles. The summed E-state index contributed by atoms with van der Waals surface area (Å²) >= 11 is 0. The van der Waals surface area contributed by atoms with E-state index < -0.39 is 0 Å². The monoisotopic (exact) mass is 217 g/mol. The summed E-state index contributed by atoms with van der Waals surface area (Å²) in [6, 6.07) is 5.93. The predicted molar refractivity (Wildman–Crippen MR) is 65.5 cm³/mol. The van der Waals surface area contributed by atoms with Crippen LogP contribution in [0, 0.1) is 6.92 Å². The minimum absolute atomic E-state index is 0.310. The van der Waals surface area contributed by atoms with E-state index in [1.807, 2.05) is 19.1 Å². The lowest BCUT2D eigenvalue weighted by Gasteiger charge is -2.24. The number of amides is 1. The van der Waals surface area contributed by atoms with E-state index in [2.05, 4.69) is 6.07 Å². The van der Waals surface area contributed by atoms with Gasteiger partial charge in [0.1, 0.15) is 0 Å². The second-order valence-corrected chi connectivity index (χ2v) is 4.72. The van der Waals surface area contributed by atoms with Crippen molar-refractivity contribution in [2.75, 3.05) is 0 Å². The van der Waals surface area contributed by atoms with Gasteiger partial charge in [-0.25, -0.2) is 0 Å². The molecule has 1 aromatic carbocycles. The Balaban J connectivity index is 2.33. The summed E-state index contributed by atoms with van der Waals surface area (Å²) < 4.78 is 0. The normalized spacial score (nSPS) is 17.3. The summed E-state index contributed by atoms with van der Waals surface area (Å²) in [6.07, 6.45) is 6.48. The quantitative estimate of drug-likeness (QED) is 0.812. The first-order valence-corrected chi connectivity index (χ1v) is 6.09. The first-order chi connectivity index (χ1) is 7.70. The molecule has 1 amide bonds. The largest absolute Gasteiger partial charge is 0.366 e. The first kappa shape index (κ1) is 11.2. The van der Waals surface area contributed by atoms with Gasteiger partial charge in [-0.2, -0.15) is 0 Å². The summed E-state index contributed by atoms with van der Waals surface area (Å²) in [5, 5.41) is 0. The van der Waals surface area contributed by atoms with Gasteiger partial charge in [0, 0.05) is 5.56 Å². The van der Waals surface area contributed by atoms with Crippen molar-refractivity contribution in [1.29, 1.82) is 0 Å². The van der Waals surface area contributed by atoms with Crippen LogP contribution in [0.5, 0.6) is 0 Å². The van der Waals surface area contributed by atoms with Gasteiger partial charge in [0.15, 0.2) is 0 Å². The van der Waals surface area contributed by atoms with E-state index in [1.165, 1.54) is 37.7 Å². The maximum atomic E-state index is 11.3. The Hall–Kier alpha value is -1.31. The van der Waals surface area contributed by atoms with Crippen LogP contribution in [0.1, 0.15) is 59.5 Å². The third-order valence-electron chi connectivity index (χ3n) is 3.69. The highest BCUT2D eigenvalue weighted by atomic mass is 16.1. The van der Waals surface area contributed by atoms with Crippen molar-refractivity contribution in [3.8, 4) is 0 Å². The van der Waals surface area contributed by atoms with Crippen molar-refractivity contribution in [3.05, 3.63) is 34.9 Å². The molecule has 1 saturated carbocycles. The zero-order chi connectivity index (χ0) is 11.5. The van der Waals surface area contributed by atoms with Crippen molar-refractivity contribution in [1.82, 2.24) is 0 Å². The molecule has 0 bridgehead atoms. The van der Waals surface area contributed by atoms with Crippen molar-refractivity contribution >= 4 is 5.91 Å². The molecule has 0 atom stereocenters. The van der Waals surface area contributed by atoms with Crippen LogP contribution >= 0.6 is 0 Å². The Labute approximate surface area is 96.8 Å². The highest BCUT2D eigenvalue weighted by Crippen LogP contribution is 2.34. The van der Waals surface area contributed by atoms with E-state index in [0.29, 0.717) is 11.5 Å². The highest BCUT2D eigenvalue weighted by molar-refractivity contribution is 5.94. The molecule has 86 valence electrons. The molecule has 0 heterocycles. The molecule has 0 radical (unpaired) electrons. The van der Waals surface area contributed by atoms with E-state index in [4.69, 9.17) is 5.73 Å². The van der Waals surface area contributed by atoms with Gasteiger partial charge in [-0.05, 0) is 42.9 Å². The van der Waals surface area contributed by atoms with E-state index in [-0.39, 0.29) is 5.91 Å². The van der Waals surface area contributed by atoms with Gasteiger partial charge in [0.2, 0.25) is 5.91 Å². The standard InChI is InChI=1S/C14H19NO/c1-10-12(11-6-3-2-4-7-11)8-5-9-13(10)14(15)16/h5,8-9,11H,2-4,6-7H2,1H3,(H2,15,16). The van der Waals surface area contributed by atoms with Crippen molar-refractivity contribution < 1.29 is 4.79 Å². The predicted octanol–water partition coefficient (Wildman–Crippen LogP) is 3.14. The Morgan fingerprint density at radius 1 is 1.25 bits per heavy atom. The van der Waals surface area contributed by atoms with Gasteiger partial charge in [0.05, 0.1) is 0 Å². The van der Waals surface area contributed by atoms with Gasteiger partial charge in [-0.1, -0.05) is 31.4 Å². The summed E-state index contributed by atoms with van der Waals surface area (Å²) in [6.45, 7) is 2.02. The number of primary amides is 1. The molecule has 0 aromatic heterocycles. The molecule has 1 aliphatic rings. The fourth-order valence-corrected chi connectivity index (χ4v) is 2.78. The number of carbonyl (C=O) groups is 1. The molecule has 1 fully saturated rings. The Bertz CT molecular complexity index is 392. The molecule has 1 aliphatic carbocycles. The summed E-state index contributed by atoms with van der Waals surface area (Å²) in [4.78, 5) is 11.3. The van der Waals surface area contributed by atoms with Crippen molar-refractivity contribution in [2.24, 2.45) is 5.73 Å². The fourth-order valence-electron chi connectivity index (χ4n) is 2.78. The summed E-state index contributed by atoms with van der Waals surface area (Å²) in [5.41, 5.74) is 8.47. The van der Waals surface area contributed by atoms with Crippen LogP contribution < -0.4 is 5.73 Å². The molecule has 0 unspecified atom stereocenters. The molecule has 16 heavy (non-hydrogen) atoms. The zero-order valence-electron chi connectivity index (χ0n) is 9.83. The molecule has 2 heteroatoms. The Kier molecular flexibility index (Phi) is 3.28. The summed E-state index contributed by atoms with van der Waals surface area (Å²) in [7, 11) is 0. The molecule has 2 N–H and O–H groups in total. The van der Waals surface area contributed by atoms with Crippen LogP contribution in [0.15, 0.2) is 18.2 Å². The lowest BCUT2D eigenvalue weighted by atomic mass is 9.81. The average Bonchev–Trinajstić information content (AvgIpc) is 2.30.